The van der Waals surface area contributed by atoms with Gasteiger partial charge in [0.05, 0.1) is 7.11 Å². The molecule has 2 atom stereocenters. The van der Waals surface area contributed by atoms with Crippen molar-refractivity contribution in [3.63, 3.8) is 0 Å². The summed E-state index contributed by atoms with van der Waals surface area (Å²) >= 11 is 0. The summed E-state index contributed by atoms with van der Waals surface area (Å²) < 4.78 is 5.12. The molecular formula is C15H19NO4. The van der Waals surface area contributed by atoms with E-state index in [1.807, 2.05) is 24.3 Å². The number of carboxylic acid groups (broad SMARTS) is 1. The van der Waals surface area contributed by atoms with E-state index in [0.717, 1.165) is 17.7 Å². The molecular weight excluding hydrogens is 258 g/mol. The van der Waals surface area contributed by atoms with Gasteiger partial charge >= 0.3 is 5.97 Å². The van der Waals surface area contributed by atoms with Gasteiger partial charge < -0.3 is 14.7 Å². The minimum atomic E-state index is -1.07. The Hall–Kier alpha value is -2.04. The molecule has 0 spiro atoms. The van der Waals surface area contributed by atoms with Crippen molar-refractivity contribution < 1.29 is 19.4 Å². The third kappa shape index (κ3) is 2.92. The van der Waals surface area contributed by atoms with Crippen LogP contribution in [0.1, 0.15) is 24.8 Å². The highest BCUT2D eigenvalue weighted by Crippen LogP contribution is 2.29. The average Bonchev–Trinajstić information content (AvgIpc) is 2.95. The topological polar surface area (TPSA) is 66.8 Å². The second kappa shape index (κ2) is 5.94. The number of amides is 1. The molecule has 1 aromatic rings. The first-order chi connectivity index (χ1) is 9.52. The molecule has 0 saturated carbocycles. The van der Waals surface area contributed by atoms with Gasteiger partial charge in [0.15, 0.2) is 0 Å². The molecule has 0 bridgehead atoms. The smallest absolute Gasteiger partial charge is 0.315 e. The van der Waals surface area contributed by atoms with Crippen molar-refractivity contribution >= 4 is 11.9 Å². The summed E-state index contributed by atoms with van der Waals surface area (Å²) in [6.45, 7) is 2.64. The molecule has 0 radical (unpaired) electrons. The fourth-order valence-corrected chi connectivity index (χ4v) is 2.49. The lowest BCUT2D eigenvalue weighted by molar-refractivity contribution is -0.149. The number of benzene rings is 1. The maximum absolute atomic E-state index is 12.0. The maximum atomic E-state index is 12.0. The van der Waals surface area contributed by atoms with Gasteiger partial charge in [0.25, 0.3) is 0 Å². The normalized spacial score (nSPS) is 19.7. The monoisotopic (exact) mass is 277 g/mol. The Balaban J connectivity index is 2.01. The highest BCUT2D eigenvalue weighted by atomic mass is 16.5. The van der Waals surface area contributed by atoms with Crippen LogP contribution < -0.4 is 4.74 Å². The Morgan fingerprint density at radius 3 is 2.55 bits per heavy atom. The van der Waals surface area contributed by atoms with Crippen LogP contribution in [0.2, 0.25) is 0 Å². The number of nitrogens with zero attached hydrogens (tertiary/aromatic N) is 1. The SMILES string of the molecule is COc1ccc([C@@H]2CCN(C(=O)[C@H](C)C(=O)O)C2)cc1. The quantitative estimate of drug-likeness (QED) is 0.851. The molecule has 1 fully saturated rings. The molecule has 1 aromatic carbocycles. The first-order valence-electron chi connectivity index (χ1n) is 6.68. The highest BCUT2D eigenvalue weighted by Gasteiger charge is 2.32. The average molecular weight is 277 g/mol. The lowest BCUT2D eigenvalue weighted by Crippen LogP contribution is -2.36. The summed E-state index contributed by atoms with van der Waals surface area (Å²) in [6, 6.07) is 7.80. The van der Waals surface area contributed by atoms with Crippen molar-refractivity contribution in [3.05, 3.63) is 29.8 Å². The summed E-state index contributed by atoms with van der Waals surface area (Å²) in [6.07, 6.45) is 0.865. The van der Waals surface area contributed by atoms with Crippen LogP contribution in [0.15, 0.2) is 24.3 Å². The van der Waals surface area contributed by atoms with E-state index >= 15 is 0 Å². The molecule has 0 unspecified atom stereocenters. The molecule has 108 valence electrons. The van der Waals surface area contributed by atoms with Crippen LogP contribution in [-0.2, 0) is 9.59 Å². The summed E-state index contributed by atoms with van der Waals surface area (Å²) in [5.41, 5.74) is 1.16. The van der Waals surface area contributed by atoms with Crippen LogP contribution in [-0.4, -0.2) is 42.1 Å². The highest BCUT2D eigenvalue weighted by molar-refractivity contribution is 5.96. The van der Waals surface area contributed by atoms with Gasteiger partial charge in [-0.3, -0.25) is 9.59 Å². The number of carbonyl (C=O) groups excluding carboxylic acids is 1. The Morgan fingerprint density at radius 1 is 1.35 bits per heavy atom. The zero-order valence-electron chi connectivity index (χ0n) is 11.7. The Labute approximate surface area is 118 Å². The Bertz CT molecular complexity index is 497. The number of carboxylic acids is 1. The van der Waals surface area contributed by atoms with Crippen molar-refractivity contribution in [2.45, 2.75) is 19.3 Å². The lowest BCUT2D eigenvalue weighted by Gasteiger charge is -2.19. The molecule has 1 heterocycles. The van der Waals surface area contributed by atoms with E-state index in [2.05, 4.69) is 0 Å². The largest absolute Gasteiger partial charge is 0.497 e. The van der Waals surface area contributed by atoms with Gasteiger partial charge in [-0.15, -0.1) is 0 Å². The van der Waals surface area contributed by atoms with Crippen molar-refractivity contribution in [2.24, 2.45) is 5.92 Å². The van der Waals surface area contributed by atoms with Gasteiger partial charge in [0, 0.05) is 19.0 Å². The second-order valence-electron chi connectivity index (χ2n) is 5.10. The first-order valence-corrected chi connectivity index (χ1v) is 6.68. The van der Waals surface area contributed by atoms with Crippen LogP contribution in [0, 0.1) is 5.92 Å². The van der Waals surface area contributed by atoms with E-state index in [0.29, 0.717) is 13.1 Å². The fraction of sp³-hybridized carbons (Fsp3) is 0.467. The van der Waals surface area contributed by atoms with E-state index in [4.69, 9.17) is 9.84 Å². The third-order valence-electron chi connectivity index (χ3n) is 3.83. The van der Waals surface area contributed by atoms with Gasteiger partial charge in [0.2, 0.25) is 5.91 Å². The zero-order chi connectivity index (χ0) is 14.7. The fourth-order valence-electron chi connectivity index (χ4n) is 2.49. The van der Waals surface area contributed by atoms with E-state index in [1.54, 1.807) is 12.0 Å². The second-order valence-corrected chi connectivity index (χ2v) is 5.10. The number of likely N-dealkylation sites (tertiary alicyclic amines) is 1. The molecule has 1 aliphatic rings. The van der Waals surface area contributed by atoms with E-state index in [9.17, 15) is 9.59 Å². The molecule has 1 saturated heterocycles. The molecule has 1 aliphatic heterocycles. The van der Waals surface area contributed by atoms with Crippen LogP contribution in [0.5, 0.6) is 5.75 Å². The van der Waals surface area contributed by atoms with Crippen molar-refractivity contribution in [1.82, 2.24) is 4.90 Å². The Kier molecular flexibility index (Phi) is 4.27. The maximum Gasteiger partial charge on any atom is 0.315 e. The number of carbonyl (C=O) groups is 2. The molecule has 0 aromatic heterocycles. The van der Waals surface area contributed by atoms with E-state index in [1.165, 1.54) is 6.92 Å². The zero-order valence-corrected chi connectivity index (χ0v) is 11.7. The molecule has 20 heavy (non-hydrogen) atoms. The molecule has 5 nitrogen and oxygen atoms in total. The summed E-state index contributed by atoms with van der Waals surface area (Å²) in [7, 11) is 1.62. The first kappa shape index (κ1) is 14.4. The number of methoxy groups -OCH3 is 1. The van der Waals surface area contributed by atoms with Crippen molar-refractivity contribution in [2.75, 3.05) is 20.2 Å². The summed E-state index contributed by atoms with van der Waals surface area (Å²) in [5, 5.41) is 8.89. The molecule has 5 heteroatoms. The van der Waals surface area contributed by atoms with Gasteiger partial charge in [-0.2, -0.15) is 0 Å². The number of rotatable bonds is 4. The standard InChI is InChI=1S/C15H19NO4/c1-10(15(18)19)14(17)16-8-7-12(9-16)11-3-5-13(20-2)6-4-11/h3-6,10,12H,7-9H2,1-2H3,(H,18,19)/t10-,12+/m0/s1. The van der Waals surface area contributed by atoms with Crippen LogP contribution in [0.3, 0.4) is 0 Å². The predicted octanol–water partition coefficient (Wildman–Crippen LogP) is 1.73. The van der Waals surface area contributed by atoms with Crippen molar-refractivity contribution in [3.8, 4) is 5.75 Å². The van der Waals surface area contributed by atoms with E-state index < -0.39 is 11.9 Å². The van der Waals surface area contributed by atoms with Crippen LogP contribution in [0.4, 0.5) is 0 Å². The van der Waals surface area contributed by atoms with Gasteiger partial charge in [-0.05, 0) is 31.0 Å². The summed E-state index contributed by atoms with van der Waals surface area (Å²) in [4.78, 5) is 24.5. The van der Waals surface area contributed by atoms with Crippen LogP contribution in [0.25, 0.3) is 0 Å². The molecule has 1 N–H and O–H groups in total. The number of hydrogen-bond acceptors (Lipinski definition) is 3. The van der Waals surface area contributed by atoms with Gasteiger partial charge in [0.1, 0.15) is 11.7 Å². The third-order valence-corrected chi connectivity index (χ3v) is 3.83. The number of ether oxygens (including phenoxy) is 1. The van der Waals surface area contributed by atoms with Gasteiger partial charge in [-0.25, -0.2) is 0 Å². The summed E-state index contributed by atoms with van der Waals surface area (Å²) in [5.74, 6) is -1.26. The number of aliphatic carboxylic acids is 1. The predicted molar refractivity (Wildman–Crippen MR) is 73.7 cm³/mol. The minimum Gasteiger partial charge on any atom is -0.497 e. The number of hydrogen-bond donors (Lipinski definition) is 1. The molecule has 1 amide bonds. The Morgan fingerprint density at radius 2 is 2.00 bits per heavy atom. The molecule has 2 rings (SSSR count). The van der Waals surface area contributed by atoms with Gasteiger partial charge in [-0.1, -0.05) is 12.1 Å². The van der Waals surface area contributed by atoms with E-state index in [-0.39, 0.29) is 11.8 Å². The molecule has 0 aliphatic carbocycles. The van der Waals surface area contributed by atoms with Crippen molar-refractivity contribution in [1.29, 1.82) is 0 Å². The lowest BCUT2D eigenvalue weighted by atomic mass is 9.98. The van der Waals surface area contributed by atoms with Crippen LogP contribution >= 0.6 is 0 Å². The minimum absolute atomic E-state index is 0.269.